The lowest BCUT2D eigenvalue weighted by Gasteiger charge is -2.16. The summed E-state index contributed by atoms with van der Waals surface area (Å²) in [5, 5.41) is 0. The molecule has 156 valence electrons. The molecule has 0 spiro atoms. The molecule has 0 bridgehead atoms. The molecule has 0 aliphatic rings. The maximum atomic E-state index is 5.80. The molecule has 0 amide bonds. The van der Waals surface area contributed by atoms with E-state index in [9.17, 15) is 0 Å². The van der Waals surface area contributed by atoms with Gasteiger partial charge in [0.2, 0.25) is 0 Å². The molecule has 0 aromatic heterocycles. The molecular weight excluding hydrogens is 356 g/mol. The standard InChI is InChI=1S/C23H34O5/c1-5-8-9-10-26-17-21-16-23(19-28-14-12-25-7-3)22(15-20(21)4)18-27-13-11-24-6-2/h5-7,15-16H,1-3,8-14,17-19H2,4H3. The van der Waals surface area contributed by atoms with Gasteiger partial charge in [-0.1, -0.05) is 31.4 Å². The Morgan fingerprint density at radius 3 is 1.82 bits per heavy atom. The Labute approximate surface area is 169 Å². The summed E-state index contributed by atoms with van der Waals surface area (Å²) in [6.45, 7) is 17.2. The summed E-state index contributed by atoms with van der Waals surface area (Å²) in [5.74, 6) is 0. The minimum atomic E-state index is 0.485. The van der Waals surface area contributed by atoms with Crippen molar-refractivity contribution in [2.24, 2.45) is 0 Å². The number of allylic oxidation sites excluding steroid dienone is 1. The van der Waals surface area contributed by atoms with Crippen molar-refractivity contribution in [3.63, 3.8) is 0 Å². The predicted octanol–water partition coefficient (Wildman–Crippen LogP) is 4.83. The monoisotopic (exact) mass is 390 g/mol. The van der Waals surface area contributed by atoms with Crippen LogP contribution in [0.15, 0.2) is 50.5 Å². The van der Waals surface area contributed by atoms with Crippen LogP contribution < -0.4 is 0 Å². The van der Waals surface area contributed by atoms with E-state index in [4.69, 9.17) is 23.7 Å². The molecule has 0 aliphatic carbocycles. The zero-order chi connectivity index (χ0) is 20.5. The Kier molecular flexibility index (Phi) is 13.6. The number of ether oxygens (including phenoxy) is 5. The summed E-state index contributed by atoms with van der Waals surface area (Å²) in [5.41, 5.74) is 4.55. The van der Waals surface area contributed by atoms with Crippen LogP contribution in [0.1, 0.15) is 35.1 Å². The van der Waals surface area contributed by atoms with E-state index in [1.54, 1.807) is 0 Å². The molecule has 28 heavy (non-hydrogen) atoms. The Hall–Kier alpha value is -2.08. The lowest BCUT2D eigenvalue weighted by atomic mass is 10.00. The number of aryl methyl sites for hydroxylation is 1. The van der Waals surface area contributed by atoms with Crippen molar-refractivity contribution in [2.45, 2.75) is 39.6 Å². The summed E-state index contributed by atoms with van der Waals surface area (Å²) in [7, 11) is 0. The molecule has 0 heterocycles. The Morgan fingerprint density at radius 2 is 1.25 bits per heavy atom. The molecule has 5 heteroatoms. The van der Waals surface area contributed by atoms with Gasteiger partial charge in [-0.15, -0.1) is 6.58 Å². The fraction of sp³-hybridized carbons (Fsp3) is 0.478. The topological polar surface area (TPSA) is 46.2 Å². The van der Waals surface area contributed by atoms with Gasteiger partial charge in [-0.25, -0.2) is 0 Å². The first kappa shape index (κ1) is 24.0. The molecule has 1 rings (SSSR count). The van der Waals surface area contributed by atoms with Gasteiger partial charge >= 0.3 is 0 Å². The summed E-state index contributed by atoms with van der Waals surface area (Å²) in [4.78, 5) is 0. The van der Waals surface area contributed by atoms with Crippen LogP contribution in [0.25, 0.3) is 0 Å². The zero-order valence-electron chi connectivity index (χ0n) is 17.1. The van der Waals surface area contributed by atoms with E-state index in [0.29, 0.717) is 46.2 Å². The summed E-state index contributed by atoms with van der Waals surface area (Å²) in [6.07, 6.45) is 6.70. The first-order valence-corrected chi connectivity index (χ1v) is 9.63. The largest absolute Gasteiger partial charge is 0.499 e. The van der Waals surface area contributed by atoms with E-state index in [1.165, 1.54) is 23.7 Å². The molecule has 0 N–H and O–H groups in total. The molecule has 1 aromatic rings. The average Bonchev–Trinajstić information content (AvgIpc) is 2.69. The first-order valence-electron chi connectivity index (χ1n) is 9.63. The lowest BCUT2D eigenvalue weighted by molar-refractivity contribution is 0.0652. The summed E-state index contributed by atoms with van der Waals surface area (Å²) in [6, 6.07) is 4.30. The molecule has 0 aliphatic heterocycles. The highest BCUT2D eigenvalue weighted by atomic mass is 16.5. The van der Waals surface area contributed by atoms with Crippen LogP contribution >= 0.6 is 0 Å². The second-order valence-corrected chi connectivity index (χ2v) is 6.21. The van der Waals surface area contributed by atoms with Crippen molar-refractivity contribution in [1.82, 2.24) is 0 Å². The number of hydrogen-bond donors (Lipinski definition) is 0. The van der Waals surface area contributed by atoms with Gasteiger partial charge in [-0.2, -0.15) is 0 Å². The van der Waals surface area contributed by atoms with E-state index < -0.39 is 0 Å². The average molecular weight is 391 g/mol. The Bertz CT molecular complexity index is 583. The van der Waals surface area contributed by atoms with Gasteiger partial charge < -0.3 is 23.7 Å². The molecule has 5 nitrogen and oxygen atoms in total. The van der Waals surface area contributed by atoms with Gasteiger partial charge in [0, 0.05) is 6.61 Å². The van der Waals surface area contributed by atoms with Gasteiger partial charge in [-0.3, -0.25) is 0 Å². The normalized spacial score (nSPS) is 10.5. The van der Waals surface area contributed by atoms with Gasteiger partial charge in [-0.05, 0) is 42.0 Å². The quantitative estimate of drug-likeness (QED) is 0.204. The number of unbranched alkanes of at least 4 members (excludes halogenated alkanes) is 1. The van der Waals surface area contributed by atoms with Crippen molar-refractivity contribution in [1.29, 1.82) is 0 Å². The smallest absolute Gasteiger partial charge is 0.111 e. The van der Waals surface area contributed by atoms with Crippen molar-refractivity contribution in [3.05, 3.63) is 72.7 Å². The van der Waals surface area contributed by atoms with E-state index in [1.807, 2.05) is 6.08 Å². The van der Waals surface area contributed by atoms with Crippen LogP contribution in [0.2, 0.25) is 0 Å². The number of hydrogen-bond acceptors (Lipinski definition) is 5. The van der Waals surface area contributed by atoms with Crippen molar-refractivity contribution < 1.29 is 23.7 Å². The zero-order valence-corrected chi connectivity index (χ0v) is 17.1. The van der Waals surface area contributed by atoms with E-state index >= 15 is 0 Å². The van der Waals surface area contributed by atoms with Crippen LogP contribution in [0.3, 0.4) is 0 Å². The predicted molar refractivity (Wildman–Crippen MR) is 112 cm³/mol. The third-order valence-electron chi connectivity index (χ3n) is 4.05. The fourth-order valence-corrected chi connectivity index (χ4v) is 2.54. The van der Waals surface area contributed by atoms with E-state index in [0.717, 1.165) is 30.6 Å². The molecular formula is C23H34O5. The minimum absolute atomic E-state index is 0.485. The molecule has 0 radical (unpaired) electrons. The van der Waals surface area contributed by atoms with Crippen molar-refractivity contribution in [2.75, 3.05) is 33.0 Å². The molecule has 0 atom stereocenters. The highest BCUT2D eigenvalue weighted by molar-refractivity contribution is 5.37. The molecule has 0 unspecified atom stereocenters. The van der Waals surface area contributed by atoms with Crippen LogP contribution in [-0.2, 0) is 43.5 Å². The molecule has 0 fully saturated rings. The SMILES string of the molecule is C=CCCCOCc1cc(COCCOC=C)c(COCCOC=C)cc1C. The van der Waals surface area contributed by atoms with Crippen molar-refractivity contribution in [3.8, 4) is 0 Å². The highest BCUT2D eigenvalue weighted by Crippen LogP contribution is 2.20. The Morgan fingerprint density at radius 1 is 0.714 bits per heavy atom. The molecule has 1 aromatic carbocycles. The van der Waals surface area contributed by atoms with Crippen LogP contribution in [0.4, 0.5) is 0 Å². The Balaban J connectivity index is 2.68. The third-order valence-corrected chi connectivity index (χ3v) is 4.05. The van der Waals surface area contributed by atoms with Crippen LogP contribution in [-0.4, -0.2) is 33.0 Å². The van der Waals surface area contributed by atoms with Gasteiger partial charge in [0.25, 0.3) is 0 Å². The van der Waals surface area contributed by atoms with Crippen LogP contribution in [0, 0.1) is 6.92 Å². The van der Waals surface area contributed by atoms with E-state index in [-0.39, 0.29) is 0 Å². The minimum Gasteiger partial charge on any atom is -0.499 e. The number of rotatable bonds is 18. The second kappa shape index (κ2) is 15.9. The van der Waals surface area contributed by atoms with E-state index in [2.05, 4.69) is 38.8 Å². The third kappa shape index (κ3) is 10.3. The summed E-state index contributed by atoms with van der Waals surface area (Å²) >= 11 is 0. The maximum absolute atomic E-state index is 5.80. The fourth-order valence-electron chi connectivity index (χ4n) is 2.54. The maximum Gasteiger partial charge on any atom is 0.111 e. The van der Waals surface area contributed by atoms with Crippen LogP contribution in [0.5, 0.6) is 0 Å². The molecule has 0 saturated carbocycles. The second-order valence-electron chi connectivity index (χ2n) is 6.21. The van der Waals surface area contributed by atoms with Crippen molar-refractivity contribution >= 4 is 0 Å². The van der Waals surface area contributed by atoms with Gasteiger partial charge in [0.05, 0.1) is 45.6 Å². The molecule has 0 saturated heterocycles. The first-order chi connectivity index (χ1) is 13.7. The lowest BCUT2D eigenvalue weighted by Crippen LogP contribution is -2.08. The van der Waals surface area contributed by atoms with Gasteiger partial charge in [0.1, 0.15) is 13.2 Å². The number of benzene rings is 1. The highest BCUT2D eigenvalue weighted by Gasteiger charge is 2.09. The summed E-state index contributed by atoms with van der Waals surface area (Å²) < 4.78 is 27.5. The van der Waals surface area contributed by atoms with Gasteiger partial charge in [0.15, 0.2) is 0 Å².